The number of pyridine rings is 1. The van der Waals surface area contributed by atoms with Gasteiger partial charge in [-0.1, -0.05) is 0 Å². The Labute approximate surface area is 64.5 Å². The third-order valence-corrected chi connectivity index (χ3v) is 1.31. The lowest BCUT2D eigenvalue weighted by molar-refractivity contribution is 1.20. The second kappa shape index (κ2) is 2.81. The van der Waals surface area contributed by atoms with Crippen LogP contribution in [0.1, 0.15) is 16.8 Å². The van der Waals surface area contributed by atoms with Gasteiger partial charge >= 0.3 is 0 Å². The molecule has 0 bridgehead atoms. The lowest BCUT2D eigenvalue weighted by atomic mass is 10.2. The summed E-state index contributed by atoms with van der Waals surface area (Å²) in [6.07, 6.45) is 1.39. The molecule has 1 aromatic rings. The number of nitriles is 2. The molecule has 0 fully saturated rings. The second-order valence-electron chi connectivity index (χ2n) is 2.11. The molecule has 0 radical (unpaired) electrons. The Bertz CT molecular complexity index is 355. The van der Waals surface area contributed by atoms with Crippen LogP contribution in [-0.4, -0.2) is 4.98 Å². The first-order chi connectivity index (χ1) is 5.27. The quantitative estimate of drug-likeness (QED) is 0.547. The van der Waals surface area contributed by atoms with Crippen molar-refractivity contribution in [1.29, 1.82) is 10.5 Å². The fraction of sp³-hybridized carbons (Fsp3) is 0.125. The number of nitrogens with zero attached hydrogens (tertiary/aromatic N) is 3. The van der Waals surface area contributed by atoms with Crippen molar-refractivity contribution < 1.29 is 0 Å². The van der Waals surface area contributed by atoms with E-state index in [9.17, 15) is 0 Å². The lowest BCUT2D eigenvalue weighted by Gasteiger charge is -1.93. The largest absolute Gasteiger partial charge is 0.244 e. The van der Waals surface area contributed by atoms with Gasteiger partial charge in [-0.3, -0.25) is 0 Å². The molecule has 1 rings (SSSR count). The number of rotatable bonds is 0. The van der Waals surface area contributed by atoms with E-state index in [4.69, 9.17) is 10.5 Å². The first-order valence-electron chi connectivity index (χ1n) is 3.05. The summed E-state index contributed by atoms with van der Waals surface area (Å²) in [5.41, 5.74) is 1.61. The Balaban J connectivity index is 3.25. The molecule has 0 spiro atoms. The summed E-state index contributed by atoms with van der Waals surface area (Å²) in [4.78, 5) is 3.78. The van der Waals surface area contributed by atoms with Crippen LogP contribution < -0.4 is 0 Å². The average Bonchev–Trinajstić information content (AvgIpc) is 2.04. The van der Waals surface area contributed by atoms with Gasteiger partial charge < -0.3 is 0 Å². The van der Waals surface area contributed by atoms with E-state index in [1.165, 1.54) is 6.20 Å². The Morgan fingerprint density at radius 2 is 2.09 bits per heavy atom. The predicted molar refractivity (Wildman–Crippen MR) is 38.4 cm³/mol. The van der Waals surface area contributed by atoms with Gasteiger partial charge in [0.2, 0.25) is 0 Å². The van der Waals surface area contributed by atoms with Crippen LogP contribution in [0.2, 0.25) is 0 Å². The molecule has 0 aliphatic heterocycles. The second-order valence-corrected chi connectivity index (χ2v) is 2.11. The van der Waals surface area contributed by atoms with Crippen molar-refractivity contribution in [3.05, 3.63) is 29.1 Å². The van der Waals surface area contributed by atoms with Gasteiger partial charge in [-0.05, 0) is 18.6 Å². The van der Waals surface area contributed by atoms with Gasteiger partial charge in [0.15, 0.2) is 0 Å². The number of aryl methyl sites for hydroxylation is 1. The highest BCUT2D eigenvalue weighted by Gasteiger charge is 1.98. The third-order valence-electron chi connectivity index (χ3n) is 1.31. The molecule has 0 saturated heterocycles. The zero-order valence-electron chi connectivity index (χ0n) is 6.00. The highest BCUT2D eigenvalue weighted by Crippen LogP contribution is 2.04. The number of hydrogen-bond acceptors (Lipinski definition) is 3. The van der Waals surface area contributed by atoms with Crippen LogP contribution in [0.15, 0.2) is 12.3 Å². The normalized spacial score (nSPS) is 8.27. The lowest BCUT2D eigenvalue weighted by Crippen LogP contribution is -1.88. The molecule has 0 atom stereocenters. The van der Waals surface area contributed by atoms with E-state index in [1.54, 1.807) is 13.0 Å². The molecule has 0 N–H and O–H groups in total. The minimum Gasteiger partial charge on any atom is -0.244 e. The van der Waals surface area contributed by atoms with E-state index in [1.807, 2.05) is 12.1 Å². The van der Waals surface area contributed by atoms with Gasteiger partial charge in [-0.25, -0.2) is 4.98 Å². The van der Waals surface area contributed by atoms with Crippen molar-refractivity contribution in [1.82, 2.24) is 4.98 Å². The maximum Gasteiger partial charge on any atom is 0.143 e. The minimum absolute atomic E-state index is 0.379. The van der Waals surface area contributed by atoms with E-state index >= 15 is 0 Å². The molecule has 1 aromatic heterocycles. The molecule has 11 heavy (non-hydrogen) atoms. The van der Waals surface area contributed by atoms with E-state index in [-0.39, 0.29) is 0 Å². The van der Waals surface area contributed by atoms with E-state index in [0.29, 0.717) is 11.3 Å². The number of hydrogen-bond donors (Lipinski definition) is 0. The molecule has 0 aliphatic rings. The summed E-state index contributed by atoms with van der Waals surface area (Å²) >= 11 is 0. The summed E-state index contributed by atoms with van der Waals surface area (Å²) in [5.74, 6) is 0. The zero-order chi connectivity index (χ0) is 8.27. The smallest absolute Gasteiger partial charge is 0.143 e. The van der Waals surface area contributed by atoms with Crippen LogP contribution in [-0.2, 0) is 0 Å². The van der Waals surface area contributed by atoms with Gasteiger partial charge in [0.05, 0.1) is 5.56 Å². The standard InChI is InChI=1S/C8H5N3/c1-6-2-7(3-9)5-11-8(6)4-10/h2,5H,1H3. The van der Waals surface area contributed by atoms with Gasteiger partial charge in [-0.2, -0.15) is 10.5 Å². The Morgan fingerprint density at radius 3 is 2.55 bits per heavy atom. The summed E-state index contributed by atoms with van der Waals surface area (Å²) in [6.45, 7) is 1.76. The summed E-state index contributed by atoms with van der Waals surface area (Å²) < 4.78 is 0. The Morgan fingerprint density at radius 1 is 1.36 bits per heavy atom. The van der Waals surface area contributed by atoms with Gasteiger partial charge in [0.25, 0.3) is 0 Å². The first kappa shape index (κ1) is 7.24. The minimum atomic E-state index is 0.379. The summed E-state index contributed by atoms with van der Waals surface area (Å²) in [7, 11) is 0. The first-order valence-corrected chi connectivity index (χ1v) is 3.05. The molecule has 0 amide bonds. The van der Waals surface area contributed by atoms with Crippen molar-refractivity contribution in [3.8, 4) is 12.1 Å². The fourth-order valence-corrected chi connectivity index (χ4v) is 0.753. The molecular weight excluding hydrogens is 138 g/mol. The van der Waals surface area contributed by atoms with Crippen LogP contribution in [0.4, 0.5) is 0 Å². The molecule has 3 nitrogen and oxygen atoms in total. The van der Waals surface area contributed by atoms with Crippen LogP contribution >= 0.6 is 0 Å². The average molecular weight is 143 g/mol. The maximum atomic E-state index is 8.49. The highest BCUT2D eigenvalue weighted by molar-refractivity contribution is 5.37. The Hall–Kier alpha value is -1.87. The maximum absolute atomic E-state index is 8.49. The van der Waals surface area contributed by atoms with Crippen molar-refractivity contribution >= 4 is 0 Å². The van der Waals surface area contributed by atoms with Crippen LogP contribution in [0.5, 0.6) is 0 Å². The van der Waals surface area contributed by atoms with Crippen LogP contribution in [0.3, 0.4) is 0 Å². The molecule has 0 saturated carbocycles. The molecular formula is C8H5N3. The van der Waals surface area contributed by atoms with Crippen molar-refractivity contribution in [2.24, 2.45) is 0 Å². The SMILES string of the molecule is Cc1cc(C#N)cnc1C#N. The third kappa shape index (κ3) is 1.33. The summed E-state index contributed by atoms with van der Waals surface area (Å²) in [5, 5.41) is 16.9. The van der Waals surface area contributed by atoms with E-state index in [2.05, 4.69) is 4.98 Å². The molecule has 52 valence electrons. The van der Waals surface area contributed by atoms with Crippen molar-refractivity contribution in [2.75, 3.05) is 0 Å². The molecule has 1 heterocycles. The fourth-order valence-electron chi connectivity index (χ4n) is 0.753. The molecule has 0 unspecified atom stereocenters. The topological polar surface area (TPSA) is 60.5 Å². The predicted octanol–water partition coefficient (Wildman–Crippen LogP) is 1.13. The van der Waals surface area contributed by atoms with Gasteiger partial charge in [0, 0.05) is 6.20 Å². The van der Waals surface area contributed by atoms with Crippen molar-refractivity contribution in [2.45, 2.75) is 6.92 Å². The van der Waals surface area contributed by atoms with E-state index < -0.39 is 0 Å². The monoisotopic (exact) mass is 143 g/mol. The molecule has 0 aliphatic carbocycles. The van der Waals surface area contributed by atoms with Gasteiger partial charge in [0.1, 0.15) is 17.8 Å². The van der Waals surface area contributed by atoms with Gasteiger partial charge in [-0.15, -0.1) is 0 Å². The van der Waals surface area contributed by atoms with Crippen LogP contribution in [0, 0.1) is 29.6 Å². The Kier molecular flexibility index (Phi) is 1.85. The molecule has 0 aromatic carbocycles. The number of aromatic nitrogens is 1. The highest BCUT2D eigenvalue weighted by atomic mass is 14.7. The molecule has 3 heteroatoms. The van der Waals surface area contributed by atoms with Crippen molar-refractivity contribution in [3.63, 3.8) is 0 Å². The summed E-state index contributed by atoms with van der Waals surface area (Å²) in [6, 6.07) is 5.52. The van der Waals surface area contributed by atoms with Crippen LogP contribution in [0.25, 0.3) is 0 Å². The zero-order valence-corrected chi connectivity index (χ0v) is 6.00. The van der Waals surface area contributed by atoms with E-state index in [0.717, 1.165) is 5.56 Å².